The molecule has 0 aliphatic rings. The highest BCUT2D eigenvalue weighted by atomic mass is 79.9. The van der Waals surface area contributed by atoms with Crippen molar-refractivity contribution in [3.8, 4) is 0 Å². The van der Waals surface area contributed by atoms with E-state index in [4.69, 9.17) is 10.0 Å². The zero-order chi connectivity index (χ0) is 8.43. The average Bonchev–Trinajstić information content (AvgIpc) is 1.94. The van der Waals surface area contributed by atoms with E-state index in [0.717, 1.165) is 10.0 Å². The fraction of sp³-hybridized carbons (Fsp3) is 0.143. The standard InChI is InChI=1S/C7H8BBrO2/c1-5-2-3-6(8(10)11)4-7(5)9/h2-4,10-11H,1H3. The molecule has 0 aromatic heterocycles. The van der Waals surface area contributed by atoms with E-state index in [0.29, 0.717) is 5.46 Å². The van der Waals surface area contributed by atoms with Crippen LogP contribution in [0.4, 0.5) is 0 Å². The van der Waals surface area contributed by atoms with E-state index >= 15 is 0 Å². The van der Waals surface area contributed by atoms with Gasteiger partial charge in [0.1, 0.15) is 0 Å². The van der Waals surface area contributed by atoms with Crippen LogP contribution < -0.4 is 5.46 Å². The lowest BCUT2D eigenvalue weighted by Crippen LogP contribution is -2.29. The van der Waals surface area contributed by atoms with Crippen LogP contribution in [0.5, 0.6) is 0 Å². The smallest absolute Gasteiger partial charge is 0.423 e. The van der Waals surface area contributed by atoms with E-state index in [-0.39, 0.29) is 0 Å². The second kappa shape index (κ2) is 3.39. The molecule has 1 rings (SSSR count). The van der Waals surface area contributed by atoms with Crippen molar-refractivity contribution in [3.05, 3.63) is 28.2 Å². The van der Waals surface area contributed by atoms with Crippen LogP contribution in [0.3, 0.4) is 0 Å². The molecule has 0 fully saturated rings. The zero-order valence-electron chi connectivity index (χ0n) is 6.08. The molecule has 0 bridgehead atoms. The second-order valence-corrected chi connectivity index (χ2v) is 3.24. The Morgan fingerprint density at radius 1 is 1.36 bits per heavy atom. The number of benzene rings is 1. The molecule has 11 heavy (non-hydrogen) atoms. The minimum absolute atomic E-state index is 0.502. The molecule has 0 unspecified atom stereocenters. The third-order valence-electron chi connectivity index (χ3n) is 1.49. The van der Waals surface area contributed by atoms with Gasteiger partial charge in [-0.2, -0.15) is 0 Å². The third kappa shape index (κ3) is 2.05. The van der Waals surface area contributed by atoms with Crippen LogP contribution in [0.15, 0.2) is 22.7 Å². The molecule has 0 saturated carbocycles. The van der Waals surface area contributed by atoms with Crippen LogP contribution in [0.1, 0.15) is 5.56 Å². The highest BCUT2D eigenvalue weighted by molar-refractivity contribution is 9.10. The summed E-state index contributed by atoms with van der Waals surface area (Å²) < 4.78 is 0.892. The van der Waals surface area contributed by atoms with Crippen molar-refractivity contribution in [3.63, 3.8) is 0 Å². The molecule has 0 radical (unpaired) electrons. The highest BCUT2D eigenvalue weighted by Gasteiger charge is 2.10. The van der Waals surface area contributed by atoms with Gasteiger partial charge in [-0.15, -0.1) is 0 Å². The SMILES string of the molecule is Cc1ccc(B(O)O)cc1Br. The Kier molecular flexibility index (Phi) is 2.70. The summed E-state index contributed by atoms with van der Waals surface area (Å²) in [4.78, 5) is 0. The first-order chi connectivity index (χ1) is 5.11. The monoisotopic (exact) mass is 214 g/mol. The summed E-state index contributed by atoms with van der Waals surface area (Å²) in [6, 6.07) is 5.21. The van der Waals surface area contributed by atoms with Gasteiger partial charge in [0.25, 0.3) is 0 Å². The van der Waals surface area contributed by atoms with Crippen molar-refractivity contribution in [2.75, 3.05) is 0 Å². The van der Waals surface area contributed by atoms with Crippen LogP contribution in [0.25, 0.3) is 0 Å². The van der Waals surface area contributed by atoms with Crippen molar-refractivity contribution in [2.24, 2.45) is 0 Å². The molecular formula is C7H8BBrO2. The minimum atomic E-state index is -1.38. The number of hydrogen-bond donors (Lipinski definition) is 2. The molecule has 58 valence electrons. The molecule has 0 amide bonds. The molecule has 0 heterocycles. The molecule has 0 saturated heterocycles. The molecule has 2 N–H and O–H groups in total. The molecule has 0 spiro atoms. The van der Waals surface area contributed by atoms with Gasteiger partial charge in [0.05, 0.1) is 0 Å². The highest BCUT2D eigenvalue weighted by Crippen LogP contribution is 2.12. The van der Waals surface area contributed by atoms with Gasteiger partial charge in [-0.3, -0.25) is 0 Å². The average molecular weight is 215 g/mol. The van der Waals surface area contributed by atoms with Crippen molar-refractivity contribution in [1.82, 2.24) is 0 Å². The molecule has 1 aromatic carbocycles. The predicted octanol–water partition coefficient (Wildman–Crippen LogP) is 0.437. The molecule has 2 nitrogen and oxygen atoms in total. The van der Waals surface area contributed by atoms with E-state index in [1.807, 2.05) is 13.0 Å². The van der Waals surface area contributed by atoms with Crippen LogP contribution >= 0.6 is 15.9 Å². The Hall–Kier alpha value is -0.315. The number of hydrogen-bond acceptors (Lipinski definition) is 2. The molecule has 1 aromatic rings. The lowest BCUT2D eigenvalue weighted by atomic mass is 9.80. The van der Waals surface area contributed by atoms with Gasteiger partial charge in [-0.1, -0.05) is 28.1 Å². The van der Waals surface area contributed by atoms with Gasteiger partial charge in [0, 0.05) is 4.47 Å². The zero-order valence-corrected chi connectivity index (χ0v) is 7.67. The minimum Gasteiger partial charge on any atom is -0.423 e. The first kappa shape index (κ1) is 8.78. The van der Waals surface area contributed by atoms with Gasteiger partial charge in [0.15, 0.2) is 0 Å². The Labute approximate surface area is 74.1 Å². The van der Waals surface area contributed by atoms with E-state index in [1.54, 1.807) is 12.1 Å². The maximum atomic E-state index is 8.77. The Bertz CT molecular complexity index is 263. The third-order valence-corrected chi connectivity index (χ3v) is 2.35. The van der Waals surface area contributed by atoms with Crippen molar-refractivity contribution < 1.29 is 10.0 Å². The molecular weight excluding hydrogens is 207 g/mol. The van der Waals surface area contributed by atoms with E-state index in [9.17, 15) is 0 Å². The fourth-order valence-corrected chi connectivity index (χ4v) is 1.17. The van der Waals surface area contributed by atoms with Crippen molar-refractivity contribution in [2.45, 2.75) is 6.92 Å². The lowest BCUT2D eigenvalue weighted by Gasteiger charge is -2.01. The summed E-state index contributed by atoms with van der Waals surface area (Å²) in [7, 11) is -1.38. The van der Waals surface area contributed by atoms with Gasteiger partial charge < -0.3 is 10.0 Å². The van der Waals surface area contributed by atoms with Crippen LogP contribution in [0, 0.1) is 6.92 Å². The molecule has 0 aliphatic carbocycles. The Morgan fingerprint density at radius 3 is 2.45 bits per heavy atom. The van der Waals surface area contributed by atoms with Crippen molar-refractivity contribution in [1.29, 1.82) is 0 Å². The number of rotatable bonds is 1. The van der Waals surface area contributed by atoms with Gasteiger partial charge >= 0.3 is 7.12 Å². The molecule has 0 atom stereocenters. The second-order valence-electron chi connectivity index (χ2n) is 2.38. The van der Waals surface area contributed by atoms with Gasteiger partial charge in [-0.25, -0.2) is 0 Å². The summed E-state index contributed by atoms with van der Waals surface area (Å²) in [5.41, 5.74) is 1.58. The van der Waals surface area contributed by atoms with E-state index in [1.165, 1.54) is 0 Å². The first-order valence-electron chi connectivity index (χ1n) is 3.23. The van der Waals surface area contributed by atoms with Gasteiger partial charge in [0.2, 0.25) is 0 Å². The lowest BCUT2D eigenvalue weighted by molar-refractivity contribution is 0.426. The van der Waals surface area contributed by atoms with Crippen LogP contribution in [-0.4, -0.2) is 17.2 Å². The van der Waals surface area contributed by atoms with Crippen molar-refractivity contribution >= 4 is 28.5 Å². The largest absolute Gasteiger partial charge is 0.488 e. The van der Waals surface area contributed by atoms with Gasteiger partial charge in [-0.05, 0) is 24.0 Å². The summed E-state index contributed by atoms with van der Waals surface area (Å²) in [5, 5.41) is 17.5. The Morgan fingerprint density at radius 2 is 2.00 bits per heavy atom. The summed E-state index contributed by atoms with van der Waals surface area (Å²) in [6.45, 7) is 1.94. The quantitative estimate of drug-likeness (QED) is 0.667. The predicted molar refractivity (Wildman–Crippen MR) is 48.7 cm³/mol. The normalized spacial score (nSPS) is 9.82. The number of aryl methyl sites for hydroxylation is 1. The topological polar surface area (TPSA) is 40.5 Å². The molecule has 0 aliphatic heterocycles. The van der Waals surface area contributed by atoms with Crippen LogP contribution in [-0.2, 0) is 0 Å². The number of halogens is 1. The Balaban J connectivity index is 3.05. The summed E-state index contributed by atoms with van der Waals surface area (Å²) >= 11 is 3.29. The van der Waals surface area contributed by atoms with Crippen LogP contribution in [0.2, 0.25) is 0 Å². The van der Waals surface area contributed by atoms with E-state index < -0.39 is 7.12 Å². The maximum Gasteiger partial charge on any atom is 0.488 e. The first-order valence-corrected chi connectivity index (χ1v) is 4.03. The fourth-order valence-electron chi connectivity index (χ4n) is 0.770. The summed E-state index contributed by atoms with van der Waals surface area (Å²) in [5.74, 6) is 0. The molecule has 4 heteroatoms. The maximum absolute atomic E-state index is 8.77. The summed E-state index contributed by atoms with van der Waals surface area (Å²) in [6.07, 6.45) is 0. The van der Waals surface area contributed by atoms with E-state index in [2.05, 4.69) is 15.9 Å².